The lowest BCUT2D eigenvalue weighted by Gasteiger charge is -2.10. The Morgan fingerprint density at radius 1 is 1.56 bits per heavy atom. The van der Waals surface area contributed by atoms with E-state index in [0.717, 1.165) is 12.8 Å². The molecule has 1 rings (SSSR count). The minimum atomic E-state index is -0.155. The molecule has 0 amide bonds. The number of halogens is 1. The maximum Gasteiger partial charge on any atom is 0.270 e. The molecule has 7 heteroatoms. The maximum atomic E-state index is 11.7. The molecule has 90 valence electrons. The lowest BCUT2D eigenvalue weighted by Crippen LogP contribution is -2.26. The monoisotopic (exact) mass is 338 g/mol. The Labute approximate surface area is 107 Å². The van der Waals surface area contributed by atoms with Crippen LogP contribution in [0.3, 0.4) is 0 Å². The molecule has 1 heterocycles. The van der Waals surface area contributed by atoms with Crippen molar-refractivity contribution in [3.05, 3.63) is 13.9 Å². The van der Waals surface area contributed by atoms with Crippen molar-refractivity contribution in [2.75, 3.05) is 24.2 Å². The molecule has 0 saturated carbocycles. The first-order valence-corrected chi connectivity index (χ1v) is 6.02. The second-order valence-electron chi connectivity index (χ2n) is 3.36. The molecule has 1 aromatic heterocycles. The smallest absolute Gasteiger partial charge is 0.270 e. The van der Waals surface area contributed by atoms with Crippen LogP contribution in [-0.4, -0.2) is 27.8 Å². The third-order valence-electron chi connectivity index (χ3n) is 2.13. The zero-order valence-electron chi connectivity index (χ0n) is 9.03. The van der Waals surface area contributed by atoms with Gasteiger partial charge in [-0.2, -0.15) is 4.98 Å². The average molecular weight is 338 g/mol. The third kappa shape index (κ3) is 3.08. The molecule has 0 unspecified atom stereocenters. The van der Waals surface area contributed by atoms with Gasteiger partial charge in [0.15, 0.2) is 0 Å². The van der Waals surface area contributed by atoms with E-state index in [-0.39, 0.29) is 18.0 Å². The van der Waals surface area contributed by atoms with Crippen LogP contribution in [0.2, 0.25) is 0 Å². The van der Waals surface area contributed by atoms with Gasteiger partial charge in [0, 0.05) is 20.2 Å². The molecule has 0 bridgehead atoms. The molecule has 0 fully saturated rings. The predicted molar refractivity (Wildman–Crippen MR) is 71.4 cm³/mol. The quantitative estimate of drug-likeness (QED) is 0.525. The number of nitrogens with one attached hydrogen (secondary N) is 1. The molecule has 0 aliphatic heterocycles. The van der Waals surface area contributed by atoms with Crippen molar-refractivity contribution in [1.82, 2.24) is 9.55 Å². The van der Waals surface area contributed by atoms with Crippen LogP contribution in [0.1, 0.15) is 12.8 Å². The molecular weight excluding hydrogens is 323 g/mol. The fourth-order valence-electron chi connectivity index (χ4n) is 1.19. The van der Waals surface area contributed by atoms with Crippen molar-refractivity contribution in [3.8, 4) is 0 Å². The number of aliphatic hydroxyl groups excluding tert-OH is 1. The van der Waals surface area contributed by atoms with Crippen LogP contribution >= 0.6 is 22.6 Å². The van der Waals surface area contributed by atoms with Gasteiger partial charge in [-0.25, -0.2) is 0 Å². The Bertz CT molecular complexity index is 419. The van der Waals surface area contributed by atoms with Crippen molar-refractivity contribution in [2.24, 2.45) is 7.05 Å². The van der Waals surface area contributed by atoms with Crippen LogP contribution in [0.4, 0.5) is 11.8 Å². The number of nitrogen functional groups attached to an aromatic ring is 1. The van der Waals surface area contributed by atoms with E-state index in [1.54, 1.807) is 7.05 Å². The standard InChI is InChI=1S/C9H15IN4O2/c1-14-8(16)6(10)7(11)13-9(14)12-4-2-3-5-15/h15H,2-5,11H2,1H3,(H,12,13). The summed E-state index contributed by atoms with van der Waals surface area (Å²) in [5.74, 6) is 0.703. The Morgan fingerprint density at radius 3 is 2.88 bits per heavy atom. The highest BCUT2D eigenvalue weighted by Gasteiger charge is 2.09. The average Bonchev–Trinajstić information content (AvgIpc) is 2.28. The zero-order chi connectivity index (χ0) is 12.1. The Kier molecular flexibility index (Phi) is 5.00. The first-order valence-electron chi connectivity index (χ1n) is 4.94. The summed E-state index contributed by atoms with van der Waals surface area (Å²) < 4.78 is 1.86. The molecule has 0 radical (unpaired) electrons. The molecular formula is C9H15IN4O2. The number of hydrogen-bond acceptors (Lipinski definition) is 5. The number of rotatable bonds is 5. The van der Waals surface area contributed by atoms with Crippen LogP contribution < -0.4 is 16.6 Å². The molecule has 0 saturated heterocycles. The SMILES string of the molecule is Cn1c(NCCCCO)nc(N)c(I)c1=O. The van der Waals surface area contributed by atoms with Gasteiger partial charge in [0.2, 0.25) is 5.95 Å². The topological polar surface area (TPSA) is 93.2 Å². The summed E-state index contributed by atoms with van der Waals surface area (Å²) in [5, 5.41) is 11.6. The van der Waals surface area contributed by atoms with E-state index in [1.807, 2.05) is 22.6 Å². The molecule has 6 nitrogen and oxygen atoms in total. The number of aliphatic hydroxyl groups is 1. The van der Waals surface area contributed by atoms with E-state index in [1.165, 1.54) is 4.57 Å². The van der Waals surface area contributed by atoms with Crippen LogP contribution in [0.25, 0.3) is 0 Å². The van der Waals surface area contributed by atoms with Crippen molar-refractivity contribution in [3.63, 3.8) is 0 Å². The highest BCUT2D eigenvalue weighted by molar-refractivity contribution is 14.1. The minimum absolute atomic E-state index is 0.155. The molecule has 1 aromatic rings. The molecule has 0 aliphatic carbocycles. The lowest BCUT2D eigenvalue weighted by atomic mass is 10.3. The molecule has 4 N–H and O–H groups in total. The van der Waals surface area contributed by atoms with E-state index < -0.39 is 0 Å². The van der Waals surface area contributed by atoms with E-state index in [2.05, 4.69) is 10.3 Å². The number of anilines is 2. The Balaban J connectivity index is 2.77. The predicted octanol–water partition coefficient (Wildman–Crippen LogP) is 0.152. The number of unbranched alkanes of at least 4 members (excludes halogenated alkanes) is 1. The van der Waals surface area contributed by atoms with Crippen molar-refractivity contribution in [2.45, 2.75) is 12.8 Å². The second-order valence-corrected chi connectivity index (χ2v) is 4.44. The summed E-state index contributed by atoms with van der Waals surface area (Å²) in [6, 6.07) is 0. The number of hydrogen-bond donors (Lipinski definition) is 3. The summed E-state index contributed by atoms with van der Waals surface area (Å²) in [6.45, 7) is 0.823. The summed E-state index contributed by atoms with van der Waals surface area (Å²) >= 11 is 1.88. The van der Waals surface area contributed by atoms with Gasteiger partial charge >= 0.3 is 0 Å². The van der Waals surface area contributed by atoms with E-state index in [9.17, 15) is 4.79 Å². The van der Waals surface area contributed by atoms with Gasteiger partial charge in [0.05, 0.1) is 0 Å². The van der Waals surface area contributed by atoms with Crippen LogP contribution in [-0.2, 0) is 7.05 Å². The lowest BCUT2D eigenvalue weighted by molar-refractivity contribution is 0.286. The van der Waals surface area contributed by atoms with Gasteiger partial charge in [0.1, 0.15) is 9.39 Å². The van der Waals surface area contributed by atoms with Gasteiger partial charge in [-0.1, -0.05) is 0 Å². The summed E-state index contributed by atoms with van der Waals surface area (Å²) in [7, 11) is 1.64. The second kappa shape index (κ2) is 6.04. The highest BCUT2D eigenvalue weighted by Crippen LogP contribution is 2.10. The zero-order valence-corrected chi connectivity index (χ0v) is 11.2. The van der Waals surface area contributed by atoms with E-state index in [4.69, 9.17) is 10.8 Å². The van der Waals surface area contributed by atoms with Crippen molar-refractivity contribution in [1.29, 1.82) is 0 Å². The largest absolute Gasteiger partial charge is 0.396 e. The summed E-state index contributed by atoms with van der Waals surface area (Å²) in [6.07, 6.45) is 1.54. The Morgan fingerprint density at radius 2 is 2.25 bits per heavy atom. The van der Waals surface area contributed by atoms with Crippen LogP contribution in [0.15, 0.2) is 4.79 Å². The minimum Gasteiger partial charge on any atom is -0.396 e. The first-order chi connectivity index (χ1) is 7.57. The summed E-state index contributed by atoms with van der Waals surface area (Å²) in [4.78, 5) is 15.7. The van der Waals surface area contributed by atoms with Crippen LogP contribution in [0.5, 0.6) is 0 Å². The van der Waals surface area contributed by atoms with Gasteiger partial charge in [0.25, 0.3) is 5.56 Å². The number of aromatic nitrogens is 2. The van der Waals surface area contributed by atoms with E-state index >= 15 is 0 Å². The fourth-order valence-corrected chi connectivity index (χ4v) is 1.67. The first kappa shape index (κ1) is 13.2. The van der Waals surface area contributed by atoms with Crippen molar-refractivity contribution >= 4 is 34.4 Å². The normalized spacial score (nSPS) is 10.4. The van der Waals surface area contributed by atoms with Gasteiger partial charge in [-0.15, -0.1) is 0 Å². The maximum absolute atomic E-state index is 11.7. The fraction of sp³-hybridized carbons (Fsp3) is 0.556. The number of nitrogens with two attached hydrogens (primary N) is 1. The molecule has 0 aromatic carbocycles. The Hall–Kier alpha value is -0.830. The molecule has 0 spiro atoms. The molecule has 0 atom stereocenters. The van der Waals surface area contributed by atoms with Gasteiger partial charge < -0.3 is 16.2 Å². The molecule has 0 aliphatic rings. The third-order valence-corrected chi connectivity index (χ3v) is 3.14. The summed E-state index contributed by atoms with van der Waals surface area (Å²) in [5.41, 5.74) is 5.45. The molecule has 16 heavy (non-hydrogen) atoms. The van der Waals surface area contributed by atoms with Crippen LogP contribution in [0, 0.1) is 3.57 Å². The number of nitrogens with zero attached hydrogens (tertiary/aromatic N) is 2. The highest BCUT2D eigenvalue weighted by atomic mass is 127. The van der Waals surface area contributed by atoms with E-state index in [0.29, 0.717) is 16.1 Å². The van der Waals surface area contributed by atoms with Crippen molar-refractivity contribution < 1.29 is 5.11 Å². The van der Waals surface area contributed by atoms with Gasteiger partial charge in [-0.3, -0.25) is 9.36 Å². The van der Waals surface area contributed by atoms with Gasteiger partial charge in [-0.05, 0) is 35.4 Å².